The van der Waals surface area contributed by atoms with Crippen LogP contribution in [0.25, 0.3) is 10.9 Å². The zero-order chi connectivity index (χ0) is 14.2. The van der Waals surface area contributed by atoms with E-state index in [0.29, 0.717) is 12.4 Å². The average molecular weight is 284 g/mol. The molecule has 106 valence electrons. The molecule has 0 saturated carbocycles. The lowest BCUT2D eigenvalue weighted by atomic mass is 10.1. The van der Waals surface area contributed by atoms with E-state index >= 15 is 0 Å². The number of benzene rings is 1. The summed E-state index contributed by atoms with van der Waals surface area (Å²) >= 11 is 0. The number of nitrogens with one attached hydrogen (secondary N) is 2. The number of hydrogen-bond acceptors (Lipinski definition) is 4. The molecule has 0 fully saturated rings. The van der Waals surface area contributed by atoms with Crippen molar-refractivity contribution in [1.29, 1.82) is 0 Å². The van der Waals surface area contributed by atoms with Crippen LogP contribution >= 0.6 is 0 Å². The predicted octanol–water partition coefficient (Wildman–Crippen LogP) is 2.54. The maximum absolute atomic E-state index is 14.1. The molecule has 4 rings (SSSR count). The first kappa shape index (κ1) is 12.3. The van der Waals surface area contributed by atoms with Gasteiger partial charge in [0, 0.05) is 35.3 Å². The van der Waals surface area contributed by atoms with Crippen LogP contribution in [-0.4, -0.2) is 21.5 Å². The first-order valence-corrected chi connectivity index (χ1v) is 6.79. The summed E-state index contributed by atoms with van der Waals surface area (Å²) < 4.78 is 19.8. The zero-order valence-corrected chi connectivity index (χ0v) is 11.2. The van der Waals surface area contributed by atoms with Crippen LogP contribution in [0.15, 0.2) is 30.7 Å². The van der Waals surface area contributed by atoms with Crippen LogP contribution in [0.3, 0.4) is 0 Å². The molecule has 0 bridgehead atoms. The van der Waals surface area contributed by atoms with E-state index in [2.05, 4.69) is 20.3 Å². The van der Waals surface area contributed by atoms with Gasteiger partial charge < -0.3 is 15.0 Å². The second-order valence-electron chi connectivity index (χ2n) is 4.98. The highest BCUT2D eigenvalue weighted by Crippen LogP contribution is 2.30. The summed E-state index contributed by atoms with van der Waals surface area (Å²) in [6.45, 7) is 1.53. The third kappa shape index (κ3) is 2.13. The fourth-order valence-corrected chi connectivity index (χ4v) is 2.58. The molecule has 2 aromatic heterocycles. The van der Waals surface area contributed by atoms with Gasteiger partial charge in [-0.25, -0.2) is 14.4 Å². The maximum Gasteiger partial charge on any atom is 0.225 e. The molecule has 0 atom stereocenters. The van der Waals surface area contributed by atoms with Gasteiger partial charge in [-0.05, 0) is 25.1 Å². The molecule has 0 saturated heterocycles. The second kappa shape index (κ2) is 4.82. The van der Waals surface area contributed by atoms with E-state index in [-0.39, 0.29) is 5.75 Å². The Morgan fingerprint density at radius 2 is 2.19 bits per heavy atom. The number of aromatic nitrogens is 3. The monoisotopic (exact) mass is 284 g/mol. The molecule has 1 aliphatic rings. The Labute approximate surface area is 120 Å². The zero-order valence-electron chi connectivity index (χ0n) is 11.2. The summed E-state index contributed by atoms with van der Waals surface area (Å²) in [7, 11) is 0. The SMILES string of the molecule is Fc1cc2[nH]ccc2cc1Oc1ncnc2c1CCNC2. The molecular weight excluding hydrogens is 271 g/mol. The molecule has 2 N–H and O–H groups in total. The smallest absolute Gasteiger partial charge is 0.225 e. The maximum atomic E-state index is 14.1. The minimum atomic E-state index is -0.411. The van der Waals surface area contributed by atoms with E-state index < -0.39 is 5.82 Å². The van der Waals surface area contributed by atoms with Crippen molar-refractivity contribution in [3.05, 3.63) is 47.8 Å². The van der Waals surface area contributed by atoms with Crippen LogP contribution in [0.1, 0.15) is 11.3 Å². The lowest BCUT2D eigenvalue weighted by molar-refractivity contribution is 0.417. The van der Waals surface area contributed by atoms with Gasteiger partial charge in [-0.15, -0.1) is 0 Å². The van der Waals surface area contributed by atoms with Gasteiger partial charge in [0.15, 0.2) is 11.6 Å². The van der Waals surface area contributed by atoms with Gasteiger partial charge >= 0.3 is 0 Å². The summed E-state index contributed by atoms with van der Waals surface area (Å²) in [4.78, 5) is 11.4. The molecule has 21 heavy (non-hydrogen) atoms. The summed E-state index contributed by atoms with van der Waals surface area (Å²) in [5.74, 6) is 0.211. The van der Waals surface area contributed by atoms with Crippen molar-refractivity contribution in [2.75, 3.05) is 6.54 Å². The molecule has 5 nitrogen and oxygen atoms in total. The van der Waals surface area contributed by atoms with Crippen LogP contribution in [-0.2, 0) is 13.0 Å². The average Bonchev–Trinajstić information content (AvgIpc) is 2.95. The molecule has 0 aliphatic carbocycles. The highest BCUT2D eigenvalue weighted by atomic mass is 19.1. The Morgan fingerprint density at radius 1 is 1.24 bits per heavy atom. The van der Waals surface area contributed by atoms with Crippen LogP contribution in [0.5, 0.6) is 11.6 Å². The number of fused-ring (bicyclic) bond motifs is 2. The van der Waals surface area contributed by atoms with E-state index in [1.165, 1.54) is 12.4 Å². The summed E-state index contributed by atoms with van der Waals surface area (Å²) in [6.07, 6.45) is 4.00. The van der Waals surface area contributed by atoms with Crippen LogP contribution in [0.2, 0.25) is 0 Å². The van der Waals surface area contributed by atoms with Gasteiger partial charge in [-0.3, -0.25) is 0 Å². The van der Waals surface area contributed by atoms with Gasteiger partial charge in [0.2, 0.25) is 5.88 Å². The highest BCUT2D eigenvalue weighted by molar-refractivity contribution is 5.81. The third-order valence-corrected chi connectivity index (χ3v) is 3.65. The standard InChI is InChI=1S/C15H13FN4O/c16-11-6-12-9(1-4-18-12)5-14(11)21-15-10-2-3-17-7-13(10)19-8-20-15/h1,4-6,8,17-18H,2-3,7H2. The van der Waals surface area contributed by atoms with Crippen molar-refractivity contribution in [1.82, 2.24) is 20.3 Å². The normalized spacial score (nSPS) is 14.1. The van der Waals surface area contributed by atoms with Crippen molar-refractivity contribution in [2.24, 2.45) is 0 Å². The number of hydrogen-bond donors (Lipinski definition) is 2. The lowest BCUT2D eigenvalue weighted by Crippen LogP contribution is -2.25. The number of rotatable bonds is 2. The Kier molecular flexibility index (Phi) is 2.82. The topological polar surface area (TPSA) is 62.8 Å². The quantitative estimate of drug-likeness (QED) is 0.759. The Morgan fingerprint density at radius 3 is 3.14 bits per heavy atom. The van der Waals surface area contributed by atoms with Crippen LogP contribution in [0.4, 0.5) is 4.39 Å². The van der Waals surface area contributed by atoms with E-state index in [9.17, 15) is 4.39 Å². The molecule has 0 radical (unpaired) electrons. The fraction of sp³-hybridized carbons (Fsp3) is 0.200. The first-order chi connectivity index (χ1) is 10.3. The minimum Gasteiger partial charge on any atom is -0.436 e. The molecule has 3 heterocycles. The summed E-state index contributed by atoms with van der Waals surface area (Å²) in [6, 6.07) is 4.98. The van der Waals surface area contributed by atoms with Crippen molar-refractivity contribution in [2.45, 2.75) is 13.0 Å². The Bertz CT molecular complexity index is 815. The number of H-pyrrole nitrogens is 1. The highest BCUT2D eigenvalue weighted by Gasteiger charge is 2.18. The van der Waals surface area contributed by atoms with Crippen LogP contribution in [0, 0.1) is 5.82 Å². The predicted molar refractivity (Wildman–Crippen MR) is 75.8 cm³/mol. The molecular formula is C15H13FN4O. The van der Waals surface area contributed by atoms with E-state index in [1.807, 2.05) is 6.07 Å². The largest absolute Gasteiger partial charge is 0.436 e. The van der Waals surface area contributed by atoms with Gasteiger partial charge in [0.25, 0.3) is 0 Å². The molecule has 0 spiro atoms. The number of ether oxygens (including phenoxy) is 1. The number of nitrogens with zero attached hydrogens (tertiary/aromatic N) is 2. The molecule has 0 amide bonds. The number of aromatic amines is 1. The lowest BCUT2D eigenvalue weighted by Gasteiger charge is -2.18. The first-order valence-electron chi connectivity index (χ1n) is 6.79. The summed E-state index contributed by atoms with van der Waals surface area (Å²) in [5, 5.41) is 4.14. The fourth-order valence-electron chi connectivity index (χ4n) is 2.58. The molecule has 0 unspecified atom stereocenters. The third-order valence-electron chi connectivity index (χ3n) is 3.65. The van der Waals surface area contributed by atoms with E-state index in [4.69, 9.17) is 4.74 Å². The Balaban J connectivity index is 1.76. The van der Waals surface area contributed by atoms with Crippen molar-refractivity contribution in [3.8, 4) is 11.6 Å². The molecule has 1 aliphatic heterocycles. The van der Waals surface area contributed by atoms with Gasteiger partial charge in [-0.1, -0.05) is 0 Å². The number of halogens is 1. The van der Waals surface area contributed by atoms with E-state index in [1.54, 1.807) is 12.3 Å². The van der Waals surface area contributed by atoms with Crippen molar-refractivity contribution >= 4 is 10.9 Å². The van der Waals surface area contributed by atoms with Gasteiger partial charge in [-0.2, -0.15) is 0 Å². The van der Waals surface area contributed by atoms with E-state index in [0.717, 1.165) is 35.1 Å². The molecule has 3 aromatic rings. The van der Waals surface area contributed by atoms with Crippen molar-refractivity contribution < 1.29 is 9.13 Å². The van der Waals surface area contributed by atoms with Gasteiger partial charge in [0.1, 0.15) is 6.33 Å². The molecule has 6 heteroatoms. The Hall–Kier alpha value is -2.47. The summed E-state index contributed by atoms with van der Waals surface area (Å²) in [5.41, 5.74) is 2.60. The molecule has 1 aromatic carbocycles. The second-order valence-corrected chi connectivity index (χ2v) is 4.98. The minimum absolute atomic E-state index is 0.182. The van der Waals surface area contributed by atoms with Crippen LogP contribution < -0.4 is 10.1 Å². The van der Waals surface area contributed by atoms with Gasteiger partial charge in [0.05, 0.1) is 5.69 Å². The van der Waals surface area contributed by atoms with Crippen molar-refractivity contribution in [3.63, 3.8) is 0 Å².